The molecule has 1 aromatic heterocycles. The first kappa shape index (κ1) is 13.5. The molecule has 0 atom stereocenters. The monoisotopic (exact) mass is 238 g/mol. The van der Waals surface area contributed by atoms with E-state index in [0.717, 1.165) is 24.8 Å². The van der Waals surface area contributed by atoms with Crippen LogP contribution in [-0.4, -0.2) is 23.8 Å². The minimum atomic E-state index is 0.827. The molecule has 0 aliphatic rings. The molecule has 0 fully saturated rings. The Morgan fingerprint density at radius 3 is 2.69 bits per heavy atom. The summed E-state index contributed by atoms with van der Waals surface area (Å²) in [7, 11) is 0. The van der Waals surface area contributed by atoms with Gasteiger partial charge in [-0.15, -0.1) is 11.8 Å². The van der Waals surface area contributed by atoms with Crippen LogP contribution >= 0.6 is 11.8 Å². The summed E-state index contributed by atoms with van der Waals surface area (Å²) in [5.41, 5.74) is 0. The van der Waals surface area contributed by atoms with Gasteiger partial charge in [-0.2, -0.15) is 0 Å². The Kier molecular flexibility index (Phi) is 7.26. The van der Waals surface area contributed by atoms with E-state index in [1.807, 2.05) is 24.2 Å². The summed E-state index contributed by atoms with van der Waals surface area (Å²) in [6.45, 7) is 6.79. The van der Waals surface area contributed by atoms with E-state index in [1.165, 1.54) is 17.7 Å². The van der Waals surface area contributed by atoms with Crippen molar-refractivity contribution in [3.63, 3.8) is 0 Å². The van der Waals surface area contributed by atoms with Gasteiger partial charge in [-0.1, -0.05) is 13.8 Å². The molecular weight excluding hydrogens is 216 g/mol. The number of thioether (sulfide) groups is 1. The number of aromatic nitrogens is 1. The average Bonchev–Trinajstić information content (AvgIpc) is 2.29. The van der Waals surface area contributed by atoms with E-state index in [4.69, 9.17) is 0 Å². The number of hydrogen-bond acceptors (Lipinski definition) is 3. The Balaban J connectivity index is 1.93. The van der Waals surface area contributed by atoms with Gasteiger partial charge in [-0.3, -0.25) is 4.98 Å². The molecule has 0 bridgehead atoms. The lowest BCUT2D eigenvalue weighted by Gasteiger charge is -2.06. The van der Waals surface area contributed by atoms with Crippen LogP contribution < -0.4 is 5.32 Å². The van der Waals surface area contributed by atoms with Gasteiger partial charge in [-0.05, 0) is 37.4 Å². The number of nitrogens with one attached hydrogen (secondary N) is 1. The highest BCUT2D eigenvalue weighted by molar-refractivity contribution is 7.99. The molecule has 1 rings (SSSR count). The molecule has 1 N–H and O–H groups in total. The fourth-order valence-corrected chi connectivity index (χ4v) is 2.23. The van der Waals surface area contributed by atoms with Crippen LogP contribution in [0.5, 0.6) is 0 Å². The maximum absolute atomic E-state index is 4.00. The van der Waals surface area contributed by atoms with Gasteiger partial charge in [0, 0.05) is 29.6 Å². The van der Waals surface area contributed by atoms with Gasteiger partial charge < -0.3 is 5.32 Å². The third-order valence-electron chi connectivity index (χ3n) is 2.33. The van der Waals surface area contributed by atoms with Gasteiger partial charge in [-0.25, -0.2) is 0 Å². The molecular formula is C13H22N2S. The molecule has 0 amide bonds. The molecule has 0 aliphatic carbocycles. The van der Waals surface area contributed by atoms with Crippen molar-refractivity contribution in [1.29, 1.82) is 0 Å². The molecule has 0 saturated carbocycles. The van der Waals surface area contributed by atoms with E-state index >= 15 is 0 Å². The van der Waals surface area contributed by atoms with Crippen molar-refractivity contribution >= 4 is 11.8 Å². The molecule has 90 valence electrons. The van der Waals surface area contributed by atoms with Crippen molar-refractivity contribution in [2.24, 2.45) is 5.92 Å². The number of rotatable bonds is 8. The lowest BCUT2D eigenvalue weighted by molar-refractivity contribution is 0.534. The molecule has 0 saturated heterocycles. The van der Waals surface area contributed by atoms with E-state index < -0.39 is 0 Å². The Morgan fingerprint density at radius 2 is 2.00 bits per heavy atom. The fraction of sp³-hybridized carbons (Fsp3) is 0.615. The van der Waals surface area contributed by atoms with Crippen LogP contribution in [0.3, 0.4) is 0 Å². The normalized spacial score (nSPS) is 10.9. The second-order valence-corrected chi connectivity index (χ2v) is 5.49. The summed E-state index contributed by atoms with van der Waals surface area (Å²) in [6.07, 6.45) is 6.30. The van der Waals surface area contributed by atoms with Crippen LogP contribution in [-0.2, 0) is 0 Å². The number of nitrogens with zero attached hydrogens (tertiary/aromatic N) is 1. The highest BCUT2D eigenvalue weighted by Crippen LogP contribution is 2.14. The zero-order chi connectivity index (χ0) is 11.6. The molecule has 0 unspecified atom stereocenters. The van der Waals surface area contributed by atoms with Gasteiger partial charge in [0.1, 0.15) is 0 Å². The maximum atomic E-state index is 4.00. The zero-order valence-corrected chi connectivity index (χ0v) is 11.1. The van der Waals surface area contributed by atoms with E-state index in [1.54, 1.807) is 0 Å². The van der Waals surface area contributed by atoms with Gasteiger partial charge >= 0.3 is 0 Å². The van der Waals surface area contributed by atoms with Crippen LogP contribution in [0.2, 0.25) is 0 Å². The third kappa shape index (κ3) is 6.85. The minimum Gasteiger partial charge on any atom is -0.316 e. The summed E-state index contributed by atoms with van der Waals surface area (Å²) in [4.78, 5) is 5.31. The van der Waals surface area contributed by atoms with Crippen LogP contribution in [0, 0.1) is 5.92 Å². The maximum Gasteiger partial charge on any atom is 0.0278 e. The molecule has 2 nitrogen and oxygen atoms in total. The average molecular weight is 238 g/mol. The first-order valence-electron chi connectivity index (χ1n) is 6.02. The Labute approximate surface area is 103 Å². The molecule has 3 heteroatoms. The Bertz CT molecular complexity index is 262. The van der Waals surface area contributed by atoms with Crippen LogP contribution in [0.15, 0.2) is 29.4 Å². The minimum absolute atomic E-state index is 0.827. The highest BCUT2D eigenvalue weighted by Gasteiger charge is 1.94. The standard InChI is InChI=1S/C13H22N2S/c1-12(2)4-3-7-14-10-11-16-13-5-8-15-9-6-13/h5-6,8-9,12,14H,3-4,7,10-11H2,1-2H3. The summed E-state index contributed by atoms with van der Waals surface area (Å²) >= 11 is 1.88. The first-order chi connectivity index (χ1) is 7.79. The van der Waals surface area contributed by atoms with E-state index in [2.05, 4.69) is 36.3 Å². The zero-order valence-electron chi connectivity index (χ0n) is 10.3. The molecule has 16 heavy (non-hydrogen) atoms. The summed E-state index contributed by atoms with van der Waals surface area (Å²) in [6, 6.07) is 4.12. The predicted octanol–water partition coefficient (Wildman–Crippen LogP) is 3.20. The first-order valence-corrected chi connectivity index (χ1v) is 7.01. The van der Waals surface area contributed by atoms with Crippen molar-refractivity contribution in [3.05, 3.63) is 24.5 Å². The van der Waals surface area contributed by atoms with Crippen molar-refractivity contribution in [2.75, 3.05) is 18.8 Å². The highest BCUT2D eigenvalue weighted by atomic mass is 32.2. The quantitative estimate of drug-likeness (QED) is 0.556. The lowest BCUT2D eigenvalue weighted by Crippen LogP contribution is -2.18. The van der Waals surface area contributed by atoms with Crippen molar-refractivity contribution in [3.8, 4) is 0 Å². The molecule has 0 spiro atoms. The molecule has 0 aliphatic heterocycles. The molecule has 1 aromatic rings. The third-order valence-corrected chi connectivity index (χ3v) is 3.35. The number of pyridine rings is 1. The smallest absolute Gasteiger partial charge is 0.0278 e. The predicted molar refractivity (Wildman–Crippen MR) is 71.9 cm³/mol. The number of hydrogen-bond donors (Lipinski definition) is 1. The molecule has 1 heterocycles. The van der Waals surface area contributed by atoms with Gasteiger partial charge in [0.2, 0.25) is 0 Å². The summed E-state index contributed by atoms with van der Waals surface area (Å²) in [5.74, 6) is 1.96. The van der Waals surface area contributed by atoms with E-state index in [9.17, 15) is 0 Å². The molecule has 0 aromatic carbocycles. The van der Waals surface area contributed by atoms with Crippen LogP contribution in [0.4, 0.5) is 0 Å². The second-order valence-electron chi connectivity index (χ2n) is 4.32. The van der Waals surface area contributed by atoms with Gasteiger partial charge in [0.25, 0.3) is 0 Å². The van der Waals surface area contributed by atoms with E-state index in [-0.39, 0.29) is 0 Å². The van der Waals surface area contributed by atoms with Crippen LogP contribution in [0.25, 0.3) is 0 Å². The second kappa shape index (κ2) is 8.59. The van der Waals surface area contributed by atoms with Crippen molar-refractivity contribution < 1.29 is 0 Å². The van der Waals surface area contributed by atoms with Crippen molar-refractivity contribution in [2.45, 2.75) is 31.6 Å². The lowest BCUT2D eigenvalue weighted by atomic mass is 10.1. The summed E-state index contributed by atoms with van der Waals surface area (Å²) < 4.78 is 0. The van der Waals surface area contributed by atoms with E-state index in [0.29, 0.717) is 0 Å². The largest absolute Gasteiger partial charge is 0.316 e. The fourth-order valence-electron chi connectivity index (χ4n) is 1.44. The van der Waals surface area contributed by atoms with Gasteiger partial charge in [0.15, 0.2) is 0 Å². The topological polar surface area (TPSA) is 24.9 Å². The summed E-state index contributed by atoms with van der Waals surface area (Å²) in [5, 5.41) is 3.47. The Morgan fingerprint density at radius 1 is 1.25 bits per heavy atom. The molecule has 0 radical (unpaired) electrons. The van der Waals surface area contributed by atoms with Crippen molar-refractivity contribution in [1.82, 2.24) is 10.3 Å². The SMILES string of the molecule is CC(C)CCCNCCSc1ccncc1. The van der Waals surface area contributed by atoms with Gasteiger partial charge in [0.05, 0.1) is 0 Å². The Hall–Kier alpha value is -0.540. The van der Waals surface area contributed by atoms with Crippen LogP contribution in [0.1, 0.15) is 26.7 Å².